The van der Waals surface area contributed by atoms with Crippen molar-refractivity contribution in [3.63, 3.8) is 0 Å². The molecule has 0 bridgehead atoms. The van der Waals surface area contributed by atoms with Crippen LogP contribution in [-0.2, 0) is 9.53 Å². The number of nitrogens with zero attached hydrogens (tertiary/aromatic N) is 2. The van der Waals surface area contributed by atoms with Crippen LogP contribution in [0.2, 0.25) is 0 Å². The monoisotopic (exact) mass is 413 g/mol. The highest BCUT2D eigenvalue weighted by molar-refractivity contribution is 5.73. The molecule has 2 heterocycles. The summed E-state index contributed by atoms with van der Waals surface area (Å²) in [4.78, 5) is 17.8. The molecule has 2 aromatic rings. The summed E-state index contributed by atoms with van der Waals surface area (Å²) in [6.45, 7) is 7.70. The lowest BCUT2D eigenvalue weighted by molar-refractivity contribution is -0.119. The van der Waals surface area contributed by atoms with Gasteiger partial charge in [0.1, 0.15) is 18.0 Å². The molecule has 1 unspecified atom stereocenters. The first-order valence-electron chi connectivity index (χ1n) is 10.3. The number of nitrogens with one attached hydrogen (secondary N) is 1. The predicted octanol–water partition coefficient (Wildman–Crippen LogP) is 3.35. The largest absolute Gasteiger partial charge is 0.489 e. The fourth-order valence-corrected chi connectivity index (χ4v) is 3.61. The van der Waals surface area contributed by atoms with Crippen molar-refractivity contribution in [3.05, 3.63) is 48.2 Å². The van der Waals surface area contributed by atoms with Crippen molar-refractivity contribution in [2.75, 3.05) is 31.7 Å². The van der Waals surface area contributed by atoms with Gasteiger partial charge in [-0.2, -0.15) is 0 Å². The van der Waals surface area contributed by atoms with E-state index in [1.165, 1.54) is 6.92 Å². The third-order valence-corrected chi connectivity index (χ3v) is 5.05. The van der Waals surface area contributed by atoms with E-state index in [4.69, 9.17) is 14.2 Å². The quantitative estimate of drug-likeness (QED) is 0.680. The van der Waals surface area contributed by atoms with Gasteiger partial charge in [-0.25, -0.2) is 4.98 Å². The number of pyridine rings is 1. The van der Waals surface area contributed by atoms with Gasteiger partial charge in [0.2, 0.25) is 11.8 Å². The Bertz CT molecular complexity index is 827. The number of hydrogen-bond donors (Lipinski definition) is 1. The smallest absolute Gasteiger partial charge is 0.217 e. The Morgan fingerprint density at radius 1 is 1.27 bits per heavy atom. The summed E-state index contributed by atoms with van der Waals surface area (Å²) in [5.74, 6) is 1.41. The third-order valence-electron chi connectivity index (χ3n) is 5.05. The van der Waals surface area contributed by atoms with Crippen molar-refractivity contribution in [1.82, 2.24) is 10.3 Å². The van der Waals surface area contributed by atoms with Gasteiger partial charge < -0.3 is 24.4 Å². The molecule has 7 nitrogen and oxygen atoms in total. The number of rotatable bonds is 9. The van der Waals surface area contributed by atoms with Crippen LogP contribution >= 0.6 is 0 Å². The molecule has 0 spiro atoms. The van der Waals surface area contributed by atoms with Gasteiger partial charge in [0.15, 0.2) is 0 Å². The Hall–Kier alpha value is -2.80. The van der Waals surface area contributed by atoms with E-state index in [9.17, 15) is 4.79 Å². The zero-order valence-electron chi connectivity index (χ0n) is 18.1. The summed E-state index contributed by atoms with van der Waals surface area (Å²) in [5.41, 5.74) is 2.13. The van der Waals surface area contributed by atoms with Crippen LogP contribution < -0.4 is 19.7 Å². The number of carbonyl (C=O) groups excluding carboxylic acids is 1. The molecule has 162 valence electrons. The first kappa shape index (κ1) is 21.9. The van der Waals surface area contributed by atoms with E-state index in [-0.39, 0.29) is 24.2 Å². The van der Waals surface area contributed by atoms with Crippen LogP contribution in [0.15, 0.2) is 42.6 Å². The van der Waals surface area contributed by atoms with Crippen LogP contribution in [0.5, 0.6) is 11.6 Å². The Morgan fingerprint density at radius 2 is 2.03 bits per heavy atom. The molecule has 1 aliphatic heterocycles. The molecular weight excluding hydrogens is 382 g/mol. The van der Waals surface area contributed by atoms with E-state index in [2.05, 4.69) is 15.2 Å². The van der Waals surface area contributed by atoms with Crippen LogP contribution in [0.1, 0.15) is 38.8 Å². The van der Waals surface area contributed by atoms with Crippen molar-refractivity contribution >= 4 is 11.6 Å². The van der Waals surface area contributed by atoms with Crippen molar-refractivity contribution < 1.29 is 19.0 Å². The van der Waals surface area contributed by atoms with E-state index < -0.39 is 0 Å². The molecule has 1 amide bonds. The van der Waals surface area contributed by atoms with Crippen molar-refractivity contribution in [3.8, 4) is 11.6 Å². The minimum atomic E-state index is -0.0521. The van der Waals surface area contributed by atoms with Crippen LogP contribution in [0.25, 0.3) is 0 Å². The third kappa shape index (κ3) is 6.10. The molecule has 1 N–H and O–H groups in total. The summed E-state index contributed by atoms with van der Waals surface area (Å²) in [5, 5.41) is 2.89. The predicted molar refractivity (Wildman–Crippen MR) is 116 cm³/mol. The van der Waals surface area contributed by atoms with Gasteiger partial charge in [-0.3, -0.25) is 4.79 Å². The molecule has 1 aromatic heterocycles. The maximum atomic E-state index is 11.2. The number of amides is 1. The average molecular weight is 414 g/mol. The van der Waals surface area contributed by atoms with Gasteiger partial charge >= 0.3 is 0 Å². The summed E-state index contributed by atoms with van der Waals surface area (Å²) in [6.07, 6.45) is 2.79. The van der Waals surface area contributed by atoms with E-state index >= 15 is 0 Å². The Labute approximate surface area is 178 Å². The molecule has 7 heteroatoms. The minimum absolute atomic E-state index is 0.0202. The summed E-state index contributed by atoms with van der Waals surface area (Å²) in [7, 11) is 1.66. The van der Waals surface area contributed by atoms with E-state index in [0.717, 1.165) is 36.5 Å². The first-order chi connectivity index (χ1) is 14.4. The summed E-state index contributed by atoms with van der Waals surface area (Å²) >= 11 is 0. The maximum absolute atomic E-state index is 11.2. The Morgan fingerprint density at radius 3 is 2.73 bits per heavy atom. The second-order valence-corrected chi connectivity index (χ2v) is 7.70. The number of ether oxygens (including phenoxy) is 3. The molecular formula is C23H31N3O4. The molecule has 1 aromatic carbocycles. The molecule has 1 aliphatic rings. The molecule has 1 fully saturated rings. The van der Waals surface area contributed by atoms with Gasteiger partial charge in [-0.15, -0.1) is 0 Å². The second-order valence-electron chi connectivity index (χ2n) is 7.70. The highest BCUT2D eigenvalue weighted by Crippen LogP contribution is 2.26. The normalized spacial score (nSPS) is 18.0. The SMILES string of the molecule is COCC(C)Oc1cc(N2CC[C@@H](Oc3ccc([C@H](C)NC(C)=O)cc3)C2)ccn1. The molecule has 0 radical (unpaired) electrons. The average Bonchev–Trinajstić information content (AvgIpc) is 3.17. The lowest BCUT2D eigenvalue weighted by atomic mass is 10.1. The van der Waals surface area contributed by atoms with Crippen molar-refractivity contribution in [2.24, 2.45) is 0 Å². The van der Waals surface area contributed by atoms with Gasteiger partial charge in [-0.05, 0) is 37.6 Å². The van der Waals surface area contributed by atoms with Gasteiger partial charge in [0.05, 0.1) is 19.2 Å². The zero-order valence-corrected chi connectivity index (χ0v) is 18.1. The van der Waals surface area contributed by atoms with E-state index in [0.29, 0.717) is 12.5 Å². The summed E-state index contributed by atoms with van der Waals surface area (Å²) < 4.78 is 17.1. The zero-order chi connectivity index (χ0) is 21.5. The molecule has 3 atom stereocenters. The van der Waals surface area contributed by atoms with Crippen LogP contribution in [0.3, 0.4) is 0 Å². The van der Waals surface area contributed by atoms with Gasteiger partial charge in [0.25, 0.3) is 0 Å². The van der Waals surface area contributed by atoms with E-state index in [1.54, 1.807) is 13.3 Å². The summed E-state index contributed by atoms with van der Waals surface area (Å²) in [6, 6.07) is 11.9. The number of aromatic nitrogens is 1. The molecule has 1 saturated heterocycles. The second kappa shape index (κ2) is 10.3. The maximum Gasteiger partial charge on any atom is 0.217 e. The number of carbonyl (C=O) groups is 1. The number of anilines is 1. The van der Waals surface area contributed by atoms with Gasteiger partial charge in [0, 0.05) is 44.9 Å². The number of methoxy groups -OCH3 is 1. The lowest BCUT2D eigenvalue weighted by Crippen LogP contribution is -2.25. The topological polar surface area (TPSA) is 72.9 Å². The highest BCUT2D eigenvalue weighted by Gasteiger charge is 2.25. The first-order valence-corrected chi connectivity index (χ1v) is 10.3. The van der Waals surface area contributed by atoms with Crippen LogP contribution in [0, 0.1) is 0 Å². The number of hydrogen-bond acceptors (Lipinski definition) is 6. The molecule has 0 aliphatic carbocycles. The highest BCUT2D eigenvalue weighted by atomic mass is 16.5. The Kier molecular flexibility index (Phi) is 7.52. The van der Waals surface area contributed by atoms with Crippen LogP contribution in [0.4, 0.5) is 5.69 Å². The van der Waals surface area contributed by atoms with E-state index in [1.807, 2.05) is 50.2 Å². The van der Waals surface area contributed by atoms with Crippen molar-refractivity contribution in [2.45, 2.75) is 45.4 Å². The molecule has 0 saturated carbocycles. The molecule has 3 rings (SSSR count). The number of benzene rings is 1. The van der Waals surface area contributed by atoms with Crippen molar-refractivity contribution in [1.29, 1.82) is 0 Å². The standard InChI is InChI=1S/C23H31N3O4/c1-16(15-28-4)29-23-13-20(9-11-24-23)26-12-10-22(14-26)30-21-7-5-19(6-8-21)17(2)25-18(3)27/h5-9,11,13,16-17,22H,10,12,14-15H2,1-4H3,(H,25,27)/t16?,17-,22+/m0/s1. The minimum Gasteiger partial charge on any atom is -0.489 e. The lowest BCUT2D eigenvalue weighted by Gasteiger charge is -2.20. The molecule has 30 heavy (non-hydrogen) atoms. The fourth-order valence-electron chi connectivity index (χ4n) is 3.61. The fraction of sp³-hybridized carbons (Fsp3) is 0.478. The van der Waals surface area contributed by atoms with Crippen LogP contribution in [-0.4, -0.2) is 49.9 Å². The Balaban J connectivity index is 1.55. The van der Waals surface area contributed by atoms with Gasteiger partial charge in [-0.1, -0.05) is 12.1 Å².